The first-order valence-electron chi connectivity index (χ1n) is 10.0. The Labute approximate surface area is 180 Å². The zero-order valence-corrected chi connectivity index (χ0v) is 16.8. The molecule has 0 fully saturated rings. The highest BCUT2D eigenvalue weighted by molar-refractivity contribution is 5.37. The summed E-state index contributed by atoms with van der Waals surface area (Å²) in [5.41, 5.74) is -0.0695. The molecule has 1 aromatic heterocycles. The first kappa shape index (κ1) is 22.3. The van der Waals surface area contributed by atoms with Crippen LogP contribution in [0.5, 0.6) is 0 Å². The van der Waals surface area contributed by atoms with Gasteiger partial charge in [0.15, 0.2) is 0 Å². The molecule has 1 aliphatic rings. The Balaban J connectivity index is 1.64. The number of alkyl halides is 6. The van der Waals surface area contributed by atoms with Gasteiger partial charge in [0.1, 0.15) is 0 Å². The van der Waals surface area contributed by atoms with Crippen LogP contribution in [0.2, 0.25) is 0 Å². The lowest BCUT2D eigenvalue weighted by Crippen LogP contribution is -2.30. The second-order valence-corrected chi connectivity index (χ2v) is 7.74. The molecule has 4 rings (SSSR count). The summed E-state index contributed by atoms with van der Waals surface area (Å²) in [5.74, 6) is -0.269. The van der Waals surface area contributed by atoms with Gasteiger partial charge in [-0.15, -0.1) is 0 Å². The van der Waals surface area contributed by atoms with Crippen LogP contribution in [-0.2, 0) is 30.1 Å². The standard InChI is InChI=1S/C24H19F6NO/c25-23(26,27)18-11-15(12-19(13-18)24(28,29)30)14-32-20-9-8-17-7-4-10-31-22(17)21(20)16-5-2-1-3-6-16/h1-7,10-13,20-21H,8-9,14H2/t20-,21+/m0/s1. The van der Waals surface area contributed by atoms with E-state index in [0.29, 0.717) is 25.0 Å². The maximum Gasteiger partial charge on any atom is 0.416 e. The number of pyridine rings is 1. The van der Waals surface area contributed by atoms with Crippen molar-refractivity contribution in [3.8, 4) is 0 Å². The highest BCUT2D eigenvalue weighted by atomic mass is 19.4. The zero-order valence-electron chi connectivity index (χ0n) is 16.8. The maximum atomic E-state index is 13.2. The lowest BCUT2D eigenvalue weighted by molar-refractivity contribution is -0.143. The van der Waals surface area contributed by atoms with Gasteiger partial charge in [0.25, 0.3) is 0 Å². The average molecular weight is 451 g/mol. The molecule has 1 heterocycles. The Bertz CT molecular complexity index is 1050. The molecule has 3 aromatic rings. The molecule has 0 aliphatic heterocycles. The van der Waals surface area contributed by atoms with Gasteiger partial charge in [-0.25, -0.2) is 0 Å². The molecule has 168 valence electrons. The van der Waals surface area contributed by atoms with Gasteiger partial charge in [-0.3, -0.25) is 4.98 Å². The number of aryl methyl sites for hydroxylation is 1. The number of halogens is 6. The molecule has 0 amide bonds. The molecule has 0 saturated heterocycles. The third-order valence-electron chi connectivity index (χ3n) is 5.56. The van der Waals surface area contributed by atoms with Crippen LogP contribution >= 0.6 is 0 Å². The van der Waals surface area contributed by atoms with Crippen molar-refractivity contribution in [3.63, 3.8) is 0 Å². The molecular weight excluding hydrogens is 432 g/mol. The van der Waals surface area contributed by atoms with Gasteiger partial charge in [0.2, 0.25) is 0 Å². The summed E-state index contributed by atoms with van der Waals surface area (Å²) in [7, 11) is 0. The quantitative estimate of drug-likeness (QED) is 0.408. The number of benzene rings is 2. The minimum atomic E-state index is -4.89. The van der Waals surface area contributed by atoms with Crippen LogP contribution in [0.15, 0.2) is 66.9 Å². The first-order chi connectivity index (χ1) is 15.1. The summed E-state index contributed by atoms with van der Waals surface area (Å²) < 4.78 is 84.9. The van der Waals surface area contributed by atoms with Gasteiger partial charge >= 0.3 is 12.4 Å². The molecule has 0 bridgehead atoms. The van der Waals surface area contributed by atoms with Crippen molar-refractivity contribution in [2.45, 2.75) is 43.8 Å². The predicted molar refractivity (Wildman–Crippen MR) is 106 cm³/mol. The van der Waals surface area contributed by atoms with Crippen molar-refractivity contribution in [1.82, 2.24) is 4.98 Å². The molecular formula is C24H19F6NO. The monoisotopic (exact) mass is 451 g/mol. The highest BCUT2D eigenvalue weighted by Gasteiger charge is 2.37. The molecule has 0 saturated carbocycles. The number of hydrogen-bond acceptors (Lipinski definition) is 2. The maximum absolute atomic E-state index is 13.2. The number of ether oxygens (including phenoxy) is 1. The van der Waals surface area contributed by atoms with Crippen LogP contribution in [-0.4, -0.2) is 11.1 Å². The molecule has 1 aliphatic carbocycles. The van der Waals surface area contributed by atoms with E-state index in [2.05, 4.69) is 4.98 Å². The van der Waals surface area contributed by atoms with E-state index in [1.165, 1.54) is 0 Å². The average Bonchev–Trinajstić information content (AvgIpc) is 2.76. The van der Waals surface area contributed by atoms with E-state index in [1.807, 2.05) is 42.5 Å². The lowest BCUT2D eigenvalue weighted by atomic mass is 9.80. The lowest BCUT2D eigenvalue weighted by Gasteiger charge is -2.33. The van der Waals surface area contributed by atoms with Crippen molar-refractivity contribution in [1.29, 1.82) is 0 Å². The van der Waals surface area contributed by atoms with E-state index >= 15 is 0 Å². The topological polar surface area (TPSA) is 22.1 Å². The predicted octanol–water partition coefficient (Wildman–Crippen LogP) is 6.78. The fourth-order valence-corrected chi connectivity index (χ4v) is 4.10. The summed E-state index contributed by atoms with van der Waals surface area (Å²) in [4.78, 5) is 4.50. The minimum absolute atomic E-state index is 0.122. The number of nitrogens with zero attached hydrogens (tertiary/aromatic N) is 1. The van der Waals surface area contributed by atoms with E-state index in [-0.39, 0.29) is 24.2 Å². The van der Waals surface area contributed by atoms with Gasteiger partial charge in [-0.2, -0.15) is 26.3 Å². The zero-order chi connectivity index (χ0) is 22.9. The molecule has 2 aromatic carbocycles. The van der Waals surface area contributed by atoms with E-state index in [9.17, 15) is 26.3 Å². The largest absolute Gasteiger partial charge is 0.416 e. The molecule has 0 radical (unpaired) electrons. The smallest absolute Gasteiger partial charge is 0.372 e. The van der Waals surface area contributed by atoms with E-state index in [4.69, 9.17) is 4.74 Å². The van der Waals surface area contributed by atoms with Crippen LogP contribution in [0.3, 0.4) is 0 Å². The highest BCUT2D eigenvalue weighted by Crippen LogP contribution is 2.39. The minimum Gasteiger partial charge on any atom is -0.372 e. The first-order valence-corrected chi connectivity index (χ1v) is 10.0. The summed E-state index contributed by atoms with van der Waals surface area (Å²) >= 11 is 0. The summed E-state index contributed by atoms with van der Waals surface area (Å²) in [6.07, 6.45) is -7.33. The van der Waals surface area contributed by atoms with Gasteiger partial charge in [0.05, 0.1) is 35.4 Å². The molecule has 2 atom stereocenters. The van der Waals surface area contributed by atoms with Crippen molar-refractivity contribution in [2.75, 3.05) is 0 Å². The Morgan fingerprint density at radius 3 is 2.12 bits per heavy atom. The van der Waals surface area contributed by atoms with Crippen molar-refractivity contribution in [3.05, 3.63) is 100 Å². The van der Waals surface area contributed by atoms with Crippen LogP contribution in [0, 0.1) is 0 Å². The summed E-state index contributed by atoms with van der Waals surface area (Å²) in [5, 5.41) is 0. The Hall–Kier alpha value is -2.87. The van der Waals surface area contributed by atoms with Crippen molar-refractivity contribution >= 4 is 0 Å². The second kappa shape index (κ2) is 8.58. The van der Waals surface area contributed by atoms with Crippen LogP contribution in [0.1, 0.15) is 45.8 Å². The molecule has 2 nitrogen and oxygen atoms in total. The number of hydrogen-bond donors (Lipinski definition) is 0. The van der Waals surface area contributed by atoms with Crippen LogP contribution < -0.4 is 0 Å². The van der Waals surface area contributed by atoms with Gasteiger partial charge in [-0.1, -0.05) is 36.4 Å². The third-order valence-corrected chi connectivity index (χ3v) is 5.56. The molecule has 8 heteroatoms. The Morgan fingerprint density at radius 1 is 0.844 bits per heavy atom. The fraction of sp³-hybridized carbons (Fsp3) is 0.292. The third kappa shape index (κ3) is 4.80. The van der Waals surface area contributed by atoms with Gasteiger partial charge in [0, 0.05) is 6.20 Å². The number of fused-ring (bicyclic) bond motifs is 1. The van der Waals surface area contributed by atoms with Gasteiger partial charge < -0.3 is 4.74 Å². The summed E-state index contributed by atoms with van der Waals surface area (Å²) in [6.45, 7) is -0.372. The summed E-state index contributed by atoms with van der Waals surface area (Å²) in [6, 6.07) is 14.8. The molecule has 32 heavy (non-hydrogen) atoms. The Kier molecular flexibility index (Phi) is 5.99. The van der Waals surface area contributed by atoms with Crippen molar-refractivity contribution < 1.29 is 31.1 Å². The number of aromatic nitrogens is 1. The van der Waals surface area contributed by atoms with E-state index in [1.54, 1.807) is 6.20 Å². The van der Waals surface area contributed by atoms with Crippen LogP contribution in [0.4, 0.5) is 26.3 Å². The fourth-order valence-electron chi connectivity index (χ4n) is 4.10. The van der Waals surface area contributed by atoms with E-state index < -0.39 is 29.6 Å². The van der Waals surface area contributed by atoms with Crippen molar-refractivity contribution in [2.24, 2.45) is 0 Å². The van der Waals surface area contributed by atoms with Gasteiger partial charge in [-0.05, 0) is 53.8 Å². The number of rotatable bonds is 4. The normalized spacial score (nSPS) is 18.9. The second-order valence-electron chi connectivity index (χ2n) is 7.74. The molecule has 0 spiro atoms. The van der Waals surface area contributed by atoms with Crippen LogP contribution in [0.25, 0.3) is 0 Å². The van der Waals surface area contributed by atoms with E-state index in [0.717, 1.165) is 16.8 Å². The Morgan fingerprint density at radius 2 is 1.50 bits per heavy atom. The molecule has 0 N–H and O–H groups in total. The SMILES string of the molecule is FC(F)(F)c1cc(CO[C@H]2CCc3cccnc3[C@@H]2c2ccccc2)cc(C(F)(F)F)c1. The molecule has 0 unspecified atom stereocenters.